The standard InChI is InChI=1S/C14H11N3O2/c15-7-12-6-11(4-5-16-12)17-8-10-2-1-3-13-14(10)19-9-18-13/h1-6H,8-9H2,(H,16,17). The van der Waals surface area contributed by atoms with Crippen LogP contribution in [-0.4, -0.2) is 11.8 Å². The number of hydrogen-bond acceptors (Lipinski definition) is 5. The first-order valence-corrected chi connectivity index (χ1v) is 5.84. The van der Waals surface area contributed by atoms with Crippen LogP contribution in [-0.2, 0) is 6.54 Å². The normalized spacial score (nSPS) is 11.9. The third-order valence-electron chi connectivity index (χ3n) is 2.84. The fourth-order valence-corrected chi connectivity index (χ4v) is 1.93. The maximum Gasteiger partial charge on any atom is 0.231 e. The van der Waals surface area contributed by atoms with Crippen LogP contribution in [0.5, 0.6) is 11.5 Å². The Kier molecular flexibility index (Phi) is 2.91. The summed E-state index contributed by atoms with van der Waals surface area (Å²) in [6, 6.07) is 11.3. The summed E-state index contributed by atoms with van der Waals surface area (Å²) in [4.78, 5) is 3.92. The van der Waals surface area contributed by atoms with Gasteiger partial charge in [-0.05, 0) is 18.2 Å². The number of fused-ring (bicyclic) bond motifs is 1. The lowest BCUT2D eigenvalue weighted by atomic mass is 10.2. The minimum absolute atomic E-state index is 0.264. The van der Waals surface area contributed by atoms with Gasteiger partial charge in [-0.2, -0.15) is 5.26 Å². The average molecular weight is 253 g/mol. The Balaban J connectivity index is 1.76. The van der Waals surface area contributed by atoms with E-state index in [4.69, 9.17) is 14.7 Å². The van der Waals surface area contributed by atoms with Gasteiger partial charge in [0, 0.05) is 24.0 Å². The maximum atomic E-state index is 8.80. The molecule has 1 aliphatic heterocycles. The van der Waals surface area contributed by atoms with E-state index in [2.05, 4.69) is 10.3 Å². The number of pyridine rings is 1. The van der Waals surface area contributed by atoms with E-state index in [0.29, 0.717) is 12.2 Å². The first-order chi connectivity index (χ1) is 9.36. The van der Waals surface area contributed by atoms with Crippen molar-refractivity contribution in [2.24, 2.45) is 0 Å². The number of nitrogens with one attached hydrogen (secondary N) is 1. The minimum atomic E-state index is 0.264. The molecule has 0 aliphatic carbocycles. The van der Waals surface area contributed by atoms with E-state index in [9.17, 15) is 0 Å². The SMILES string of the molecule is N#Cc1cc(NCc2cccc3c2OCO3)ccn1. The number of anilines is 1. The summed E-state index contributed by atoms with van der Waals surface area (Å²) in [6.07, 6.45) is 1.61. The van der Waals surface area contributed by atoms with Crippen LogP contribution in [0.1, 0.15) is 11.3 Å². The molecule has 0 radical (unpaired) electrons. The third-order valence-corrected chi connectivity index (χ3v) is 2.84. The van der Waals surface area contributed by atoms with Gasteiger partial charge in [0.1, 0.15) is 11.8 Å². The Hall–Kier alpha value is -2.74. The minimum Gasteiger partial charge on any atom is -0.454 e. The lowest BCUT2D eigenvalue weighted by Crippen LogP contribution is -2.01. The second kappa shape index (κ2) is 4.86. The van der Waals surface area contributed by atoms with Gasteiger partial charge < -0.3 is 14.8 Å². The van der Waals surface area contributed by atoms with Gasteiger partial charge in [-0.3, -0.25) is 0 Å². The predicted octanol–water partition coefficient (Wildman–Crippen LogP) is 2.29. The van der Waals surface area contributed by atoms with Crippen LogP contribution in [0.4, 0.5) is 5.69 Å². The first-order valence-electron chi connectivity index (χ1n) is 5.84. The molecule has 1 N–H and O–H groups in total. The van der Waals surface area contributed by atoms with Gasteiger partial charge in [0.2, 0.25) is 6.79 Å². The third kappa shape index (κ3) is 2.29. The molecular formula is C14H11N3O2. The Morgan fingerprint density at radius 3 is 3.16 bits per heavy atom. The molecule has 1 aliphatic rings. The van der Waals surface area contributed by atoms with Crippen molar-refractivity contribution < 1.29 is 9.47 Å². The summed E-state index contributed by atoms with van der Waals surface area (Å²) in [5, 5.41) is 12.0. The smallest absolute Gasteiger partial charge is 0.231 e. The van der Waals surface area contributed by atoms with E-state index in [0.717, 1.165) is 22.7 Å². The van der Waals surface area contributed by atoms with Crippen molar-refractivity contribution >= 4 is 5.69 Å². The molecule has 0 saturated heterocycles. The number of aromatic nitrogens is 1. The van der Waals surface area contributed by atoms with Crippen LogP contribution >= 0.6 is 0 Å². The van der Waals surface area contributed by atoms with Crippen molar-refractivity contribution in [1.82, 2.24) is 4.98 Å². The Labute approximate surface area is 110 Å². The van der Waals surface area contributed by atoms with Gasteiger partial charge in [-0.25, -0.2) is 4.98 Å². The number of nitrogens with zero attached hydrogens (tertiary/aromatic N) is 2. The number of rotatable bonds is 3. The molecule has 94 valence electrons. The van der Waals surface area contributed by atoms with Crippen LogP contribution in [0.2, 0.25) is 0 Å². The van der Waals surface area contributed by atoms with Gasteiger partial charge in [-0.15, -0.1) is 0 Å². The van der Waals surface area contributed by atoms with Crippen molar-refractivity contribution in [3.8, 4) is 17.6 Å². The molecule has 3 rings (SSSR count). The molecule has 0 bridgehead atoms. The molecule has 0 fully saturated rings. The second-order valence-electron chi connectivity index (χ2n) is 4.05. The summed E-state index contributed by atoms with van der Waals surface area (Å²) >= 11 is 0. The number of benzene rings is 1. The molecule has 19 heavy (non-hydrogen) atoms. The largest absolute Gasteiger partial charge is 0.454 e. The summed E-state index contributed by atoms with van der Waals surface area (Å²) in [5.74, 6) is 1.55. The van der Waals surface area contributed by atoms with E-state index < -0.39 is 0 Å². The zero-order valence-electron chi connectivity index (χ0n) is 10.1. The molecule has 5 heteroatoms. The fourth-order valence-electron chi connectivity index (χ4n) is 1.93. The van der Waals surface area contributed by atoms with Crippen molar-refractivity contribution in [2.75, 3.05) is 12.1 Å². The highest BCUT2D eigenvalue weighted by Gasteiger charge is 2.16. The van der Waals surface area contributed by atoms with Gasteiger partial charge in [0.05, 0.1) is 0 Å². The van der Waals surface area contributed by atoms with Crippen LogP contribution in [0.15, 0.2) is 36.5 Å². The average Bonchev–Trinajstić information content (AvgIpc) is 2.94. The van der Waals surface area contributed by atoms with Gasteiger partial charge >= 0.3 is 0 Å². The van der Waals surface area contributed by atoms with Crippen molar-refractivity contribution in [2.45, 2.75) is 6.54 Å². The maximum absolute atomic E-state index is 8.80. The van der Waals surface area contributed by atoms with Crippen molar-refractivity contribution in [3.63, 3.8) is 0 Å². The quantitative estimate of drug-likeness (QED) is 0.909. The number of hydrogen-bond donors (Lipinski definition) is 1. The molecule has 0 saturated carbocycles. The molecule has 2 aromatic rings. The second-order valence-corrected chi connectivity index (χ2v) is 4.05. The van der Waals surface area contributed by atoms with E-state index in [1.807, 2.05) is 30.3 Å². The fraction of sp³-hybridized carbons (Fsp3) is 0.143. The molecule has 2 heterocycles. The van der Waals surface area contributed by atoms with Gasteiger partial charge in [0.15, 0.2) is 11.5 Å². The van der Waals surface area contributed by atoms with E-state index in [1.165, 1.54) is 0 Å². The zero-order valence-corrected chi connectivity index (χ0v) is 10.1. The lowest BCUT2D eigenvalue weighted by molar-refractivity contribution is 0.173. The molecule has 1 aromatic carbocycles. The Morgan fingerprint density at radius 1 is 1.32 bits per heavy atom. The van der Waals surface area contributed by atoms with Crippen LogP contribution < -0.4 is 14.8 Å². The molecule has 0 unspecified atom stereocenters. The highest BCUT2D eigenvalue weighted by atomic mass is 16.7. The Bertz CT molecular complexity index is 649. The topological polar surface area (TPSA) is 67.2 Å². The summed E-state index contributed by atoms with van der Waals surface area (Å²) in [6.45, 7) is 0.863. The number of ether oxygens (including phenoxy) is 2. The van der Waals surface area contributed by atoms with Gasteiger partial charge in [0.25, 0.3) is 0 Å². The summed E-state index contributed by atoms with van der Waals surface area (Å²) in [5.41, 5.74) is 2.26. The predicted molar refractivity (Wildman–Crippen MR) is 68.8 cm³/mol. The van der Waals surface area contributed by atoms with Crippen molar-refractivity contribution in [1.29, 1.82) is 5.26 Å². The highest BCUT2D eigenvalue weighted by Crippen LogP contribution is 2.35. The number of para-hydroxylation sites is 1. The molecular weight excluding hydrogens is 242 g/mol. The monoisotopic (exact) mass is 253 g/mol. The summed E-state index contributed by atoms with van der Waals surface area (Å²) < 4.78 is 10.8. The molecule has 1 aromatic heterocycles. The molecule has 5 nitrogen and oxygen atoms in total. The van der Waals surface area contributed by atoms with E-state index in [-0.39, 0.29) is 6.79 Å². The van der Waals surface area contributed by atoms with Gasteiger partial charge in [-0.1, -0.05) is 12.1 Å². The van der Waals surface area contributed by atoms with Crippen LogP contribution in [0.25, 0.3) is 0 Å². The van der Waals surface area contributed by atoms with Crippen LogP contribution in [0, 0.1) is 11.3 Å². The molecule has 0 atom stereocenters. The van der Waals surface area contributed by atoms with E-state index >= 15 is 0 Å². The zero-order chi connectivity index (χ0) is 13.1. The van der Waals surface area contributed by atoms with Crippen LogP contribution in [0.3, 0.4) is 0 Å². The Morgan fingerprint density at radius 2 is 2.26 bits per heavy atom. The highest BCUT2D eigenvalue weighted by molar-refractivity contribution is 5.51. The first kappa shape index (κ1) is 11.4. The van der Waals surface area contributed by atoms with E-state index in [1.54, 1.807) is 12.3 Å². The number of nitriles is 1. The lowest BCUT2D eigenvalue weighted by Gasteiger charge is -2.08. The summed E-state index contributed by atoms with van der Waals surface area (Å²) in [7, 11) is 0. The van der Waals surface area contributed by atoms with Crippen molar-refractivity contribution in [3.05, 3.63) is 47.8 Å². The molecule has 0 spiro atoms. The molecule has 0 amide bonds.